The minimum atomic E-state index is -0.117. The van der Waals surface area contributed by atoms with Crippen LogP contribution in [0.15, 0.2) is 12.1 Å². The van der Waals surface area contributed by atoms with Crippen molar-refractivity contribution in [3.05, 3.63) is 22.2 Å². The van der Waals surface area contributed by atoms with E-state index in [-0.39, 0.29) is 5.91 Å². The van der Waals surface area contributed by atoms with Gasteiger partial charge in [-0.25, -0.2) is 0 Å². The number of halogens is 2. The van der Waals surface area contributed by atoms with Crippen LogP contribution in [0.1, 0.15) is 20.3 Å². The average Bonchev–Trinajstić information content (AvgIpc) is 2.30. The first-order chi connectivity index (χ1) is 8.43. The van der Waals surface area contributed by atoms with E-state index in [9.17, 15) is 4.79 Å². The third-order valence-corrected chi connectivity index (χ3v) is 4.33. The molecule has 0 bridgehead atoms. The highest BCUT2D eigenvalue weighted by molar-refractivity contribution is 8.00. The number of nitrogen functional groups attached to an aromatic ring is 1. The fraction of sp³-hybridized carbons (Fsp3) is 0.417. The first kappa shape index (κ1) is 15.5. The normalized spacial score (nSPS) is 12.2. The number of nitrogens with two attached hydrogens (primary N) is 1. The molecule has 0 radical (unpaired) electrons. The Morgan fingerprint density at radius 2 is 2.00 bits per heavy atom. The van der Waals surface area contributed by atoms with E-state index in [0.717, 1.165) is 6.42 Å². The molecule has 0 aliphatic carbocycles. The third-order valence-electron chi connectivity index (χ3n) is 2.40. The Morgan fingerprint density at radius 1 is 1.44 bits per heavy atom. The fourth-order valence-corrected chi connectivity index (χ4v) is 2.57. The van der Waals surface area contributed by atoms with Gasteiger partial charge < -0.3 is 11.1 Å². The predicted molar refractivity (Wildman–Crippen MR) is 81.7 cm³/mol. The topological polar surface area (TPSA) is 55.1 Å². The third kappa shape index (κ3) is 4.59. The first-order valence-corrected chi connectivity index (χ1v) is 7.40. The molecule has 1 aromatic carbocycles. The molecule has 0 spiro atoms. The van der Waals surface area contributed by atoms with Gasteiger partial charge in [0.05, 0.1) is 21.5 Å². The molecular formula is C12H16Cl2N2OS. The average molecular weight is 307 g/mol. The van der Waals surface area contributed by atoms with Crippen molar-refractivity contribution in [1.82, 2.24) is 0 Å². The summed E-state index contributed by atoms with van der Waals surface area (Å²) in [6, 6.07) is 3.12. The maximum atomic E-state index is 11.7. The van der Waals surface area contributed by atoms with Gasteiger partial charge in [-0.3, -0.25) is 4.79 Å². The molecule has 100 valence electrons. The molecule has 3 N–H and O–H groups in total. The number of benzene rings is 1. The molecule has 0 heterocycles. The number of amides is 1. The van der Waals surface area contributed by atoms with E-state index in [1.165, 1.54) is 0 Å². The molecule has 0 saturated carbocycles. The monoisotopic (exact) mass is 306 g/mol. The van der Waals surface area contributed by atoms with Crippen molar-refractivity contribution in [1.29, 1.82) is 0 Å². The van der Waals surface area contributed by atoms with Crippen LogP contribution in [-0.2, 0) is 4.79 Å². The quantitative estimate of drug-likeness (QED) is 0.807. The molecule has 0 aromatic heterocycles. The summed E-state index contributed by atoms with van der Waals surface area (Å²) in [5.74, 6) is 0.264. The molecule has 0 fully saturated rings. The summed E-state index contributed by atoms with van der Waals surface area (Å²) < 4.78 is 0. The number of carbonyl (C=O) groups excluding carboxylic acids is 1. The largest absolute Gasteiger partial charge is 0.399 e. The second-order valence-corrected chi connectivity index (χ2v) is 6.18. The zero-order valence-electron chi connectivity index (χ0n) is 10.3. The minimum Gasteiger partial charge on any atom is -0.399 e. The molecule has 1 rings (SSSR count). The van der Waals surface area contributed by atoms with Crippen LogP contribution in [0.4, 0.5) is 11.4 Å². The molecular weight excluding hydrogens is 291 g/mol. The van der Waals surface area contributed by atoms with Gasteiger partial charge in [-0.05, 0) is 18.6 Å². The van der Waals surface area contributed by atoms with E-state index in [0.29, 0.717) is 32.4 Å². The van der Waals surface area contributed by atoms with Crippen LogP contribution in [0, 0.1) is 0 Å². The zero-order valence-corrected chi connectivity index (χ0v) is 12.6. The van der Waals surface area contributed by atoms with Gasteiger partial charge >= 0.3 is 0 Å². The van der Waals surface area contributed by atoms with E-state index in [4.69, 9.17) is 28.9 Å². The number of hydrogen-bond donors (Lipinski definition) is 2. The first-order valence-electron chi connectivity index (χ1n) is 5.60. The number of anilines is 2. The summed E-state index contributed by atoms with van der Waals surface area (Å²) >= 11 is 13.6. The Bertz CT molecular complexity index is 417. The summed E-state index contributed by atoms with van der Waals surface area (Å²) in [6.07, 6.45) is 1.03. The molecule has 0 aliphatic rings. The molecule has 1 aromatic rings. The number of carbonyl (C=O) groups is 1. The highest BCUT2D eigenvalue weighted by Crippen LogP contribution is 2.32. The van der Waals surface area contributed by atoms with Crippen molar-refractivity contribution in [2.24, 2.45) is 0 Å². The van der Waals surface area contributed by atoms with Crippen molar-refractivity contribution in [3.8, 4) is 0 Å². The Balaban J connectivity index is 2.65. The lowest BCUT2D eigenvalue weighted by Crippen LogP contribution is -2.16. The van der Waals surface area contributed by atoms with Crippen molar-refractivity contribution in [2.75, 3.05) is 16.8 Å². The molecule has 1 atom stereocenters. The Kier molecular flexibility index (Phi) is 6.12. The fourth-order valence-electron chi connectivity index (χ4n) is 1.22. The molecule has 1 amide bonds. The van der Waals surface area contributed by atoms with Crippen LogP contribution >= 0.6 is 35.0 Å². The van der Waals surface area contributed by atoms with E-state index < -0.39 is 0 Å². The van der Waals surface area contributed by atoms with Crippen molar-refractivity contribution >= 4 is 52.2 Å². The lowest BCUT2D eigenvalue weighted by atomic mass is 10.3. The highest BCUT2D eigenvalue weighted by atomic mass is 35.5. The predicted octanol–water partition coefficient (Wildman–Crippen LogP) is 4.05. The Labute approximate surface area is 121 Å². The summed E-state index contributed by atoms with van der Waals surface area (Å²) in [6.45, 7) is 4.17. The van der Waals surface area contributed by atoms with Gasteiger partial charge in [0, 0.05) is 10.9 Å². The summed E-state index contributed by atoms with van der Waals surface area (Å²) in [5, 5.41) is 3.86. The van der Waals surface area contributed by atoms with Gasteiger partial charge in [0.15, 0.2) is 0 Å². The summed E-state index contributed by atoms with van der Waals surface area (Å²) in [5.41, 5.74) is 6.48. The second kappa shape index (κ2) is 7.12. The maximum absolute atomic E-state index is 11.7. The smallest absolute Gasteiger partial charge is 0.234 e. The van der Waals surface area contributed by atoms with Crippen LogP contribution in [0.3, 0.4) is 0 Å². The zero-order chi connectivity index (χ0) is 13.7. The van der Waals surface area contributed by atoms with Crippen LogP contribution in [0.5, 0.6) is 0 Å². The van der Waals surface area contributed by atoms with Gasteiger partial charge in [-0.15, -0.1) is 11.8 Å². The maximum Gasteiger partial charge on any atom is 0.234 e. The van der Waals surface area contributed by atoms with Gasteiger partial charge in [0.2, 0.25) is 5.91 Å². The van der Waals surface area contributed by atoms with Crippen LogP contribution in [-0.4, -0.2) is 16.9 Å². The van der Waals surface area contributed by atoms with Crippen molar-refractivity contribution < 1.29 is 4.79 Å². The van der Waals surface area contributed by atoms with Gasteiger partial charge in [0.1, 0.15) is 0 Å². The molecule has 0 aliphatic heterocycles. The molecule has 6 heteroatoms. The van der Waals surface area contributed by atoms with E-state index in [2.05, 4.69) is 19.2 Å². The number of thioether (sulfide) groups is 1. The van der Waals surface area contributed by atoms with Crippen LogP contribution in [0.2, 0.25) is 10.0 Å². The Morgan fingerprint density at radius 3 is 2.50 bits per heavy atom. The SMILES string of the molecule is CCC(C)SCC(=O)Nc1c(Cl)cc(N)cc1Cl. The molecule has 18 heavy (non-hydrogen) atoms. The number of hydrogen-bond acceptors (Lipinski definition) is 3. The minimum absolute atomic E-state index is 0.117. The van der Waals surface area contributed by atoms with Crippen LogP contribution < -0.4 is 11.1 Å². The highest BCUT2D eigenvalue weighted by Gasteiger charge is 2.12. The molecule has 3 nitrogen and oxygen atoms in total. The number of rotatable bonds is 5. The second-order valence-electron chi connectivity index (χ2n) is 3.94. The Hall–Kier alpha value is -0.580. The van der Waals surface area contributed by atoms with Gasteiger partial charge in [-0.1, -0.05) is 37.0 Å². The van der Waals surface area contributed by atoms with Crippen LogP contribution in [0.25, 0.3) is 0 Å². The van der Waals surface area contributed by atoms with Gasteiger partial charge in [0.25, 0.3) is 0 Å². The van der Waals surface area contributed by atoms with Crippen molar-refractivity contribution in [3.63, 3.8) is 0 Å². The van der Waals surface area contributed by atoms with E-state index in [1.54, 1.807) is 23.9 Å². The number of nitrogens with one attached hydrogen (secondary N) is 1. The van der Waals surface area contributed by atoms with Gasteiger partial charge in [-0.2, -0.15) is 0 Å². The summed E-state index contributed by atoms with van der Waals surface area (Å²) in [4.78, 5) is 11.7. The lowest BCUT2D eigenvalue weighted by molar-refractivity contribution is -0.113. The molecule has 1 unspecified atom stereocenters. The van der Waals surface area contributed by atoms with E-state index >= 15 is 0 Å². The van der Waals surface area contributed by atoms with Crippen molar-refractivity contribution in [2.45, 2.75) is 25.5 Å². The molecule has 0 saturated heterocycles. The lowest BCUT2D eigenvalue weighted by Gasteiger charge is -2.11. The summed E-state index contributed by atoms with van der Waals surface area (Å²) in [7, 11) is 0. The standard InChI is InChI=1S/C12H16Cl2N2OS/c1-3-7(2)18-6-11(17)16-12-9(13)4-8(15)5-10(12)14/h4-5,7H,3,6,15H2,1-2H3,(H,16,17). The van der Waals surface area contributed by atoms with E-state index in [1.807, 2.05) is 0 Å².